The lowest BCUT2D eigenvalue weighted by Gasteiger charge is -2.33. The van der Waals surface area contributed by atoms with E-state index in [4.69, 9.17) is 40.1 Å². The number of carbonyl (C=O) groups excluding carboxylic acids is 9. The lowest BCUT2D eigenvalue weighted by Crippen LogP contribution is -2.62. The lowest BCUT2D eigenvalue weighted by atomic mass is 9.96. The molecule has 0 aromatic heterocycles. The maximum absolute atomic E-state index is 14.4. The average Bonchev–Trinajstić information content (AvgIpc) is 3.84. The summed E-state index contributed by atoms with van der Waals surface area (Å²) < 4.78 is 0. The van der Waals surface area contributed by atoms with Crippen LogP contribution in [0.1, 0.15) is 126 Å². The monoisotopic (exact) mass is 1080 g/mol. The number of nitrogens with one attached hydrogen (secondary N) is 7. The summed E-state index contributed by atoms with van der Waals surface area (Å²) in [5, 5.41) is 28.0. The van der Waals surface area contributed by atoms with Crippen molar-refractivity contribution >= 4 is 71.1 Å². The van der Waals surface area contributed by atoms with Crippen LogP contribution in [0.4, 0.5) is 0 Å². The third-order valence-electron chi connectivity index (χ3n) is 12.8. The van der Waals surface area contributed by atoms with Crippen molar-refractivity contribution in [1.29, 1.82) is 0 Å². The summed E-state index contributed by atoms with van der Waals surface area (Å²) in [6.07, 6.45) is 1.90. The van der Waals surface area contributed by atoms with E-state index in [1.54, 1.807) is 55.4 Å². The Morgan fingerprint density at radius 1 is 0.566 bits per heavy atom. The predicted molar refractivity (Wildman–Crippen MR) is 284 cm³/mol. The number of guanidine groups is 2. The molecule has 28 nitrogen and oxygen atoms in total. The van der Waals surface area contributed by atoms with Crippen LogP contribution in [0.25, 0.3) is 0 Å². The second-order valence-corrected chi connectivity index (χ2v) is 20.2. The number of carboxylic acids is 1. The Bertz CT molecular complexity index is 2030. The number of carbonyl (C=O) groups is 10. The van der Waals surface area contributed by atoms with E-state index in [9.17, 15) is 53.1 Å². The first-order chi connectivity index (χ1) is 35.6. The van der Waals surface area contributed by atoms with E-state index in [1.165, 1.54) is 4.90 Å². The van der Waals surface area contributed by atoms with Crippen molar-refractivity contribution in [2.75, 3.05) is 26.2 Å². The normalized spacial score (nSPS) is 16.8. The summed E-state index contributed by atoms with van der Waals surface area (Å²) in [7, 11) is 0. The molecular weight excluding hydrogens is 991 g/mol. The van der Waals surface area contributed by atoms with E-state index in [-0.39, 0.29) is 70.2 Å². The number of nitrogens with zero attached hydrogens (tertiary/aromatic N) is 3. The van der Waals surface area contributed by atoms with Crippen LogP contribution in [0.2, 0.25) is 0 Å². The molecule has 0 radical (unpaired) electrons. The number of aliphatic carboxylic acids is 1. The highest BCUT2D eigenvalue weighted by molar-refractivity contribution is 5.99. The highest BCUT2D eigenvalue weighted by Crippen LogP contribution is 2.22. The van der Waals surface area contributed by atoms with Crippen molar-refractivity contribution in [3.05, 3.63) is 0 Å². The van der Waals surface area contributed by atoms with E-state index in [1.807, 2.05) is 0 Å². The average molecular weight is 1080 g/mol. The van der Waals surface area contributed by atoms with E-state index >= 15 is 0 Å². The zero-order valence-corrected chi connectivity index (χ0v) is 45.5. The molecule has 0 aromatic carbocycles. The number of nitrogens with two attached hydrogens (primary N) is 7. The van der Waals surface area contributed by atoms with Gasteiger partial charge in [0.25, 0.3) is 0 Å². The number of hydrogen-bond acceptors (Lipinski definition) is 14. The molecule has 10 atom stereocenters. The fourth-order valence-electron chi connectivity index (χ4n) is 8.15. The molecular formula is C48H89N17O11. The molecule has 0 spiro atoms. The Hall–Kier alpha value is -6.84. The van der Waals surface area contributed by atoms with Gasteiger partial charge in [0, 0.05) is 19.6 Å². The number of primary amides is 1. The van der Waals surface area contributed by atoms with Crippen molar-refractivity contribution in [1.82, 2.24) is 42.1 Å². The fourth-order valence-corrected chi connectivity index (χ4v) is 8.15. The topological polar surface area (TPSA) is 485 Å². The molecule has 432 valence electrons. The number of aliphatic imine (C=N–C) groups is 2. The van der Waals surface area contributed by atoms with Crippen molar-refractivity contribution in [3.8, 4) is 0 Å². The smallest absolute Gasteiger partial charge is 0.326 e. The number of hydrogen-bond donors (Lipinski definition) is 15. The molecule has 22 N–H and O–H groups in total. The van der Waals surface area contributed by atoms with E-state index < -0.39 is 144 Å². The molecule has 1 saturated heterocycles. The maximum Gasteiger partial charge on any atom is 0.326 e. The summed E-state index contributed by atoms with van der Waals surface area (Å²) >= 11 is 0. The van der Waals surface area contributed by atoms with Crippen molar-refractivity contribution in [2.24, 2.45) is 73.8 Å². The number of carboxylic acid groups (broad SMARTS) is 1. The molecule has 1 aliphatic rings. The van der Waals surface area contributed by atoms with Gasteiger partial charge in [0.05, 0.1) is 12.5 Å². The zero-order valence-electron chi connectivity index (χ0n) is 45.5. The summed E-state index contributed by atoms with van der Waals surface area (Å²) in [5.41, 5.74) is 38.9. The highest BCUT2D eigenvalue weighted by Gasteiger charge is 2.42. The maximum atomic E-state index is 14.4. The van der Waals surface area contributed by atoms with Gasteiger partial charge in [-0.05, 0) is 88.0 Å². The van der Waals surface area contributed by atoms with Crippen LogP contribution < -0.4 is 77.4 Å². The van der Waals surface area contributed by atoms with Gasteiger partial charge in [-0.2, -0.15) is 0 Å². The van der Waals surface area contributed by atoms with Crippen LogP contribution in [0.3, 0.4) is 0 Å². The summed E-state index contributed by atoms with van der Waals surface area (Å²) in [6, 6.07) is -11.2. The minimum atomic E-state index is -1.61. The Kier molecular flexibility index (Phi) is 30.0. The van der Waals surface area contributed by atoms with Gasteiger partial charge in [0.2, 0.25) is 53.2 Å². The fraction of sp³-hybridized carbons (Fsp3) is 0.750. The number of unbranched alkanes of at least 4 members (excludes halogenated alkanes) is 1. The van der Waals surface area contributed by atoms with Crippen LogP contribution in [0.5, 0.6) is 0 Å². The highest BCUT2D eigenvalue weighted by atomic mass is 16.4. The quantitative estimate of drug-likeness (QED) is 0.0163. The molecule has 0 bridgehead atoms. The number of likely N-dealkylation sites (tertiary alicyclic amines) is 1. The van der Waals surface area contributed by atoms with Crippen molar-refractivity contribution in [3.63, 3.8) is 0 Å². The van der Waals surface area contributed by atoms with Gasteiger partial charge in [-0.15, -0.1) is 0 Å². The van der Waals surface area contributed by atoms with Crippen molar-refractivity contribution in [2.45, 2.75) is 180 Å². The van der Waals surface area contributed by atoms with Gasteiger partial charge >= 0.3 is 5.97 Å². The second-order valence-electron chi connectivity index (χ2n) is 20.2. The van der Waals surface area contributed by atoms with E-state index in [2.05, 4.69) is 47.2 Å². The van der Waals surface area contributed by atoms with Crippen LogP contribution in [0.15, 0.2) is 9.98 Å². The Balaban J connectivity index is 3.39. The summed E-state index contributed by atoms with van der Waals surface area (Å²) in [4.78, 5) is 144. The first-order valence-electron chi connectivity index (χ1n) is 26.1. The largest absolute Gasteiger partial charge is 0.480 e. The molecule has 1 rings (SSSR count). The van der Waals surface area contributed by atoms with Gasteiger partial charge in [0.15, 0.2) is 11.9 Å². The van der Waals surface area contributed by atoms with Crippen molar-refractivity contribution < 1.29 is 53.1 Å². The van der Waals surface area contributed by atoms with Crippen LogP contribution in [0, 0.1) is 23.7 Å². The van der Waals surface area contributed by atoms with Gasteiger partial charge in [-0.25, -0.2) is 4.79 Å². The summed E-state index contributed by atoms with van der Waals surface area (Å²) in [5.74, 6) is -10.7. The molecule has 1 aliphatic heterocycles. The van der Waals surface area contributed by atoms with Crippen LogP contribution in [-0.4, -0.2) is 162 Å². The Morgan fingerprint density at radius 2 is 1.03 bits per heavy atom. The molecule has 0 unspecified atom stereocenters. The molecule has 28 heteroatoms. The predicted octanol–water partition coefficient (Wildman–Crippen LogP) is -4.09. The van der Waals surface area contributed by atoms with E-state index in [0.29, 0.717) is 32.1 Å². The Morgan fingerprint density at radius 3 is 1.53 bits per heavy atom. The molecule has 0 aromatic rings. The molecule has 1 heterocycles. The van der Waals surface area contributed by atoms with Gasteiger partial charge in [-0.1, -0.05) is 61.8 Å². The molecule has 1 fully saturated rings. The van der Waals surface area contributed by atoms with Gasteiger partial charge < -0.3 is 87.4 Å². The molecule has 9 amide bonds. The molecule has 76 heavy (non-hydrogen) atoms. The van der Waals surface area contributed by atoms with Gasteiger partial charge in [0.1, 0.15) is 48.3 Å². The van der Waals surface area contributed by atoms with Crippen LogP contribution in [-0.2, 0) is 47.9 Å². The molecule has 0 saturated carbocycles. The zero-order chi connectivity index (χ0) is 58.0. The minimum Gasteiger partial charge on any atom is -0.480 e. The first kappa shape index (κ1) is 67.2. The standard InChI is InChI=1S/C48H89N17O11/c1-9-27(8)37(64-38(67)28(50)15-12-20-56-47(52)53)44(73)60-31(23-33(51)66)41(70)58-29(16-10-11-19-49)39(68)61-34(24(2)3)43(72)62-35(25(4)5)45(74)65-22-14-18-32(65)42(71)59-30(17-13-21-57-48(54)55)40(69)63-36(26(6)7)46(75)76/h24-32,34-37H,9-23,49-50H2,1-8H3,(H2,51,66)(H,58,70)(H,59,71)(H,60,73)(H,61,68)(H,62,72)(H,63,69)(H,64,67)(H,75,76)(H4,52,53,56)(H4,54,55,57)/t27-,28-,29-,30-,31-,32-,34-,35-,36-,37-/m0/s1. The third kappa shape index (κ3) is 23.4. The summed E-state index contributed by atoms with van der Waals surface area (Å²) in [6.45, 7) is 14.1. The minimum absolute atomic E-state index is 0.00718. The number of rotatable bonds is 35. The Labute approximate surface area is 445 Å². The van der Waals surface area contributed by atoms with Crippen LogP contribution >= 0.6 is 0 Å². The lowest BCUT2D eigenvalue weighted by molar-refractivity contribution is -0.145. The van der Waals surface area contributed by atoms with Gasteiger partial charge in [-0.3, -0.25) is 53.1 Å². The molecule has 0 aliphatic carbocycles. The third-order valence-corrected chi connectivity index (χ3v) is 12.8. The second kappa shape index (κ2) is 34.0. The number of amides is 9. The van der Waals surface area contributed by atoms with E-state index in [0.717, 1.165) is 0 Å². The first-order valence-corrected chi connectivity index (χ1v) is 26.1. The SMILES string of the molecule is CC[C@H](C)[C@H](NC(=O)[C@@H](N)CCCN=C(N)N)C(=O)N[C@@H](CC(N)=O)C(=O)N[C@@H](CCCCN)C(=O)N[C@H](C(=O)N[C@H](C(=O)N1CCC[C@H]1C(=O)N[C@@H](CCCN=C(N)N)C(=O)N[C@H](C(=O)O)C(C)C)C(C)C)C(C)C.